The SMILES string of the molecule is Cc1ccc(O)c(C(=O)O[C@H](C)C(=O)Nc2ccc(F)c(F)c2F)c1. The second-order valence-corrected chi connectivity index (χ2v) is 5.28. The van der Waals surface area contributed by atoms with Crippen LogP contribution in [0.1, 0.15) is 22.8 Å². The van der Waals surface area contributed by atoms with Crippen LogP contribution in [-0.2, 0) is 9.53 Å². The Hall–Kier alpha value is -3.03. The molecule has 0 aliphatic rings. The molecule has 2 aromatic carbocycles. The van der Waals surface area contributed by atoms with Crippen LogP contribution in [0.15, 0.2) is 30.3 Å². The van der Waals surface area contributed by atoms with Crippen molar-refractivity contribution in [2.45, 2.75) is 20.0 Å². The molecule has 0 fully saturated rings. The van der Waals surface area contributed by atoms with Gasteiger partial charge in [-0.15, -0.1) is 0 Å². The molecule has 132 valence electrons. The lowest BCUT2D eigenvalue weighted by atomic mass is 10.1. The van der Waals surface area contributed by atoms with Gasteiger partial charge in [0, 0.05) is 0 Å². The molecule has 5 nitrogen and oxygen atoms in total. The molecule has 2 aromatic rings. The Labute approximate surface area is 141 Å². The molecule has 0 saturated carbocycles. The molecule has 0 bridgehead atoms. The van der Waals surface area contributed by atoms with Gasteiger partial charge in [-0.1, -0.05) is 11.6 Å². The van der Waals surface area contributed by atoms with Crippen molar-refractivity contribution in [3.63, 3.8) is 0 Å². The van der Waals surface area contributed by atoms with Crippen LogP contribution in [-0.4, -0.2) is 23.1 Å². The van der Waals surface area contributed by atoms with Gasteiger partial charge in [0.15, 0.2) is 23.6 Å². The molecule has 1 atom stereocenters. The third-order valence-corrected chi connectivity index (χ3v) is 3.32. The molecule has 25 heavy (non-hydrogen) atoms. The van der Waals surface area contributed by atoms with Crippen LogP contribution in [0.4, 0.5) is 18.9 Å². The van der Waals surface area contributed by atoms with Gasteiger partial charge in [-0.2, -0.15) is 0 Å². The van der Waals surface area contributed by atoms with Crippen LogP contribution in [0.2, 0.25) is 0 Å². The Morgan fingerprint density at radius 1 is 1.12 bits per heavy atom. The summed E-state index contributed by atoms with van der Waals surface area (Å²) in [6.07, 6.45) is -1.38. The minimum atomic E-state index is -1.73. The lowest BCUT2D eigenvalue weighted by Gasteiger charge is -2.14. The first kappa shape index (κ1) is 18.3. The summed E-state index contributed by atoms with van der Waals surface area (Å²) < 4.78 is 44.4. The normalized spacial score (nSPS) is 11.7. The number of halogens is 3. The van der Waals surface area contributed by atoms with E-state index >= 15 is 0 Å². The van der Waals surface area contributed by atoms with Gasteiger partial charge in [-0.25, -0.2) is 18.0 Å². The summed E-state index contributed by atoms with van der Waals surface area (Å²) in [6, 6.07) is 5.74. The molecule has 0 radical (unpaired) electrons. The average molecular weight is 353 g/mol. The van der Waals surface area contributed by atoms with E-state index in [1.54, 1.807) is 13.0 Å². The highest BCUT2D eigenvalue weighted by Crippen LogP contribution is 2.21. The van der Waals surface area contributed by atoms with Gasteiger partial charge in [0.05, 0.1) is 5.69 Å². The zero-order chi connectivity index (χ0) is 18.7. The highest BCUT2D eigenvalue weighted by molar-refractivity contribution is 5.98. The molecule has 0 spiro atoms. The van der Waals surface area contributed by atoms with Gasteiger partial charge in [-0.3, -0.25) is 4.79 Å². The van der Waals surface area contributed by atoms with Gasteiger partial charge in [-0.05, 0) is 38.1 Å². The second-order valence-electron chi connectivity index (χ2n) is 5.28. The Bertz CT molecular complexity index is 839. The number of carbonyl (C=O) groups is 2. The number of carbonyl (C=O) groups excluding carboxylic acids is 2. The summed E-state index contributed by atoms with van der Waals surface area (Å²) in [7, 11) is 0. The number of benzene rings is 2. The summed E-state index contributed by atoms with van der Waals surface area (Å²) >= 11 is 0. The molecule has 0 unspecified atom stereocenters. The Kier molecular flexibility index (Phi) is 5.31. The largest absolute Gasteiger partial charge is 0.507 e. The number of nitrogens with one attached hydrogen (secondary N) is 1. The lowest BCUT2D eigenvalue weighted by Crippen LogP contribution is -2.30. The van der Waals surface area contributed by atoms with E-state index in [0.717, 1.165) is 6.07 Å². The molecule has 1 amide bonds. The van der Waals surface area contributed by atoms with E-state index in [9.17, 15) is 27.9 Å². The van der Waals surface area contributed by atoms with Crippen LogP contribution >= 0.6 is 0 Å². The van der Waals surface area contributed by atoms with Crippen molar-refractivity contribution >= 4 is 17.6 Å². The van der Waals surface area contributed by atoms with Crippen LogP contribution in [0.3, 0.4) is 0 Å². The van der Waals surface area contributed by atoms with Gasteiger partial charge < -0.3 is 15.2 Å². The smallest absolute Gasteiger partial charge is 0.342 e. The fraction of sp³-hybridized carbons (Fsp3) is 0.176. The first-order chi connectivity index (χ1) is 11.7. The molecule has 0 aliphatic carbocycles. The number of anilines is 1. The summed E-state index contributed by atoms with van der Waals surface area (Å²) in [5.74, 6) is -6.94. The van der Waals surface area contributed by atoms with Crippen molar-refractivity contribution in [3.05, 3.63) is 58.9 Å². The van der Waals surface area contributed by atoms with Crippen molar-refractivity contribution < 1.29 is 32.6 Å². The number of hydrogen-bond donors (Lipinski definition) is 2. The molecule has 2 rings (SSSR count). The molecule has 2 N–H and O–H groups in total. The van der Waals surface area contributed by atoms with E-state index in [1.807, 2.05) is 5.32 Å². The Morgan fingerprint density at radius 2 is 1.80 bits per heavy atom. The number of hydrogen-bond acceptors (Lipinski definition) is 4. The first-order valence-electron chi connectivity index (χ1n) is 7.15. The van der Waals surface area contributed by atoms with Crippen molar-refractivity contribution in [1.82, 2.24) is 0 Å². The van der Waals surface area contributed by atoms with Crippen LogP contribution in [0.25, 0.3) is 0 Å². The number of amides is 1. The fourth-order valence-electron chi connectivity index (χ4n) is 1.95. The lowest BCUT2D eigenvalue weighted by molar-refractivity contribution is -0.123. The quantitative estimate of drug-likeness (QED) is 0.653. The molecule has 0 aromatic heterocycles. The summed E-state index contributed by atoms with van der Waals surface area (Å²) in [6.45, 7) is 2.90. The summed E-state index contributed by atoms with van der Waals surface area (Å²) in [5, 5.41) is 11.7. The van der Waals surface area contributed by atoms with Gasteiger partial charge in [0.2, 0.25) is 0 Å². The van der Waals surface area contributed by atoms with Crippen LogP contribution in [0.5, 0.6) is 5.75 Å². The maximum atomic E-state index is 13.5. The predicted octanol–water partition coefficient (Wildman–Crippen LogP) is 3.30. The molecular formula is C17H14F3NO4. The van der Waals surface area contributed by atoms with Crippen molar-refractivity contribution in [1.29, 1.82) is 0 Å². The maximum absolute atomic E-state index is 13.5. The standard InChI is InChI=1S/C17H14F3NO4/c1-8-3-6-13(22)10(7-8)17(24)25-9(2)16(23)21-12-5-4-11(18)14(19)15(12)20/h3-7,9,22H,1-2H3,(H,21,23)/t9-/m1/s1. The molecular weight excluding hydrogens is 339 g/mol. The number of phenolic OH excluding ortho intramolecular Hbond substituents is 1. The number of rotatable bonds is 4. The van der Waals surface area contributed by atoms with E-state index in [1.165, 1.54) is 19.1 Å². The summed E-state index contributed by atoms with van der Waals surface area (Å²) in [4.78, 5) is 24.0. The summed E-state index contributed by atoms with van der Waals surface area (Å²) in [5.41, 5.74) is -0.0467. The molecule has 0 heterocycles. The third-order valence-electron chi connectivity index (χ3n) is 3.32. The van der Waals surface area contributed by atoms with E-state index in [2.05, 4.69) is 0 Å². The molecule has 0 saturated heterocycles. The van der Waals surface area contributed by atoms with E-state index in [0.29, 0.717) is 11.6 Å². The van der Waals surface area contributed by atoms with E-state index in [-0.39, 0.29) is 11.3 Å². The number of phenols is 1. The number of ether oxygens (including phenoxy) is 1. The molecule has 8 heteroatoms. The van der Waals surface area contributed by atoms with Crippen LogP contribution < -0.4 is 5.32 Å². The van der Waals surface area contributed by atoms with Crippen LogP contribution in [0, 0.1) is 24.4 Å². The van der Waals surface area contributed by atoms with Gasteiger partial charge in [0.1, 0.15) is 11.3 Å². The maximum Gasteiger partial charge on any atom is 0.342 e. The van der Waals surface area contributed by atoms with E-state index < -0.39 is 41.1 Å². The second kappa shape index (κ2) is 7.25. The van der Waals surface area contributed by atoms with Gasteiger partial charge >= 0.3 is 5.97 Å². The zero-order valence-electron chi connectivity index (χ0n) is 13.3. The monoisotopic (exact) mass is 353 g/mol. The fourth-order valence-corrected chi connectivity index (χ4v) is 1.95. The van der Waals surface area contributed by atoms with Crippen molar-refractivity contribution in [2.24, 2.45) is 0 Å². The first-order valence-corrected chi connectivity index (χ1v) is 7.15. The Balaban J connectivity index is 2.09. The predicted molar refractivity (Wildman–Crippen MR) is 82.7 cm³/mol. The third kappa shape index (κ3) is 4.09. The van der Waals surface area contributed by atoms with Crippen molar-refractivity contribution in [2.75, 3.05) is 5.32 Å². The van der Waals surface area contributed by atoms with Crippen molar-refractivity contribution in [3.8, 4) is 5.75 Å². The zero-order valence-corrected chi connectivity index (χ0v) is 13.3. The minimum absolute atomic E-state index is 0.140. The Morgan fingerprint density at radius 3 is 2.48 bits per heavy atom. The number of aryl methyl sites for hydroxylation is 1. The average Bonchev–Trinajstić information content (AvgIpc) is 2.57. The highest BCUT2D eigenvalue weighted by Gasteiger charge is 2.23. The number of esters is 1. The molecule has 0 aliphatic heterocycles. The van der Waals surface area contributed by atoms with E-state index in [4.69, 9.17) is 4.74 Å². The topological polar surface area (TPSA) is 75.6 Å². The highest BCUT2D eigenvalue weighted by atomic mass is 19.2. The minimum Gasteiger partial charge on any atom is -0.507 e. The number of aromatic hydroxyl groups is 1. The van der Waals surface area contributed by atoms with Gasteiger partial charge in [0.25, 0.3) is 5.91 Å².